The minimum Gasteiger partial charge on any atom is -1.00 e. The van der Waals surface area contributed by atoms with Gasteiger partial charge in [0, 0.05) is 0 Å². The van der Waals surface area contributed by atoms with E-state index in [0.29, 0.717) is 0 Å². The molecule has 0 amide bonds. The molecular formula is C6H7INiO. The number of hydrogen-bond acceptors (Lipinski definition) is 1. The Balaban J connectivity index is -0.0000000836. The van der Waals surface area contributed by atoms with Crippen LogP contribution in [0.3, 0.4) is 0 Å². The summed E-state index contributed by atoms with van der Waals surface area (Å²) < 4.78 is 0. The van der Waals surface area contributed by atoms with E-state index in [-0.39, 0.29) is 40.5 Å². The quantitative estimate of drug-likeness (QED) is 0.288. The van der Waals surface area contributed by atoms with E-state index in [2.05, 4.69) is 12.2 Å². The van der Waals surface area contributed by atoms with Crippen LogP contribution in [0.2, 0.25) is 0 Å². The van der Waals surface area contributed by atoms with Crippen LogP contribution >= 0.6 is 0 Å². The monoisotopic (exact) mass is 280 g/mol. The van der Waals surface area contributed by atoms with Crippen molar-refractivity contribution in [2.75, 3.05) is 0 Å². The van der Waals surface area contributed by atoms with Crippen LogP contribution in [-0.4, -0.2) is 6.79 Å². The Morgan fingerprint density at radius 2 is 2.00 bits per heavy atom. The van der Waals surface area contributed by atoms with E-state index in [9.17, 15) is 0 Å². The Morgan fingerprint density at radius 3 is 2.11 bits per heavy atom. The third-order valence-corrected chi connectivity index (χ3v) is 0.586. The van der Waals surface area contributed by atoms with Gasteiger partial charge in [0.05, 0.1) is 0 Å². The summed E-state index contributed by atoms with van der Waals surface area (Å²) in [6.07, 6.45) is 10.0. The molecule has 0 saturated heterocycles. The Bertz CT molecular complexity index is 81.1. The van der Waals surface area contributed by atoms with Gasteiger partial charge in [-0.15, -0.1) is 6.42 Å². The summed E-state index contributed by atoms with van der Waals surface area (Å²) in [6.45, 7) is 2.00. The van der Waals surface area contributed by atoms with Crippen LogP contribution < -0.4 is 24.0 Å². The fourth-order valence-corrected chi connectivity index (χ4v) is 0.340. The summed E-state index contributed by atoms with van der Waals surface area (Å²) in [7, 11) is 0. The first kappa shape index (κ1) is 16.2. The third-order valence-electron chi connectivity index (χ3n) is 0.586. The molecule has 1 aliphatic rings. The van der Waals surface area contributed by atoms with Crippen molar-refractivity contribution in [2.24, 2.45) is 0 Å². The molecule has 0 atom stereocenters. The number of hydrogen-bond donors (Lipinski definition) is 0. The molecule has 0 bridgehead atoms. The molecule has 0 aliphatic heterocycles. The maximum absolute atomic E-state index is 8.00. The van der Waals surface area contributed by atoms with Crippen LogP contribution in [0.5, 0.6) is 0 Å². The van der Waals surface area contributed by atoms with E-state index in [1.54, 1.807) is 0 Å². The van der Waals surface area contributed by atoms with Gasteiger partial charge in [-0.05, 0) is 0 Å². The molecule has 9 heavy (non-hydrogen) atoms. The molecule has 0 N–H and O–H groups in total. The van der Waals surface area contributed by atoms with Crippen molar-refractivity contribution in [1.82, 2.24) is 0 Å². The van der Waals surface area contributed by atoms with Gasteiger partial charge in [0.15, 0.2) is 0 Å². The van der Waals surface area contributed by atoms with Crippen molar-refractivity contribution in [3.8, 4) is 0 Å². The first-order chi connectivity index (χ1) is 3.50. The standard InChI is InChI=1S/C5H5.CH2O.HI.Ni/c1-2-4-5-3-1;1-2;;/h1-3H,4H2;1H2;1H;/q-1;;;+2/p-1. The summed E-state index contributed by atoms with van der Waals surface area (Å²) >= 11 is 0. The molecule has 0 aromatic rings. The van der Waals surface area contributed by atoms with Crippen LogP contribution in [0.25, 0.3) is 0 Å². The summed E-state index contributed by atoms with van der Waals surface area (Å²) in [5, 5.41) is 0. The zero-order valence-corrected chi connectivity index (χ0v) is 7.89. The molecule has 3 heteroatoms. The van der Waals surface area contributed by atoms with Crippen molar-refractivity contribution < 1.29 is 45.3 Å². The molecule has 1 nitrogen and oxygen atoms in total. The number of rotatable bonds is 0. The fraction of sp³-hybridized carbons (Fsp3) is 0.167. The molecule has 1 rings (SSSR count). The fourth-order valence-electron chi connectivity index (χ4n) is 0.340. The van der Waals surface area contributed by atoms with Gasteiger partial charge in [-0.25, -0.2) is 12.2 Å². The van der Waals surface area contributed by atoms with Gasteiger partial charge < -0.3 is 28.8 Å². The Morgan fingerprint density at radius 1 is 1.44 bits per heavy atom. The predicted octanol–water partition coefficient (Wildman–Crippen LogP) is -1.88. The van der Waals surface area contributed by atoms with Gasteiger partial charge in [0.25, 0.3) is 0 Å². The van der Waals surface area contributed by atoms with Gasteiger partial charge >= 0.3 is 16.5 Å². The molecule has 0 unspecified atom stereocenters. The van der Waals surface area contributed by atoms with Gasteiger partial charge in [-0.2, -0.15) is 6.08 Å². The second kappa shape index (κ2) is 15.8. The number of halogens is 1. The number of allylic oxidation sites excluding steroid dienone is 4. The van der Waals surface area contributed by atoms with Crippen LogP contribution in [-0.2, 0) is 21.3 Å². The topological polar surface area (TPSA) is 17.1 Å². The predicted molar refractivity (Wildman–Crippen MR) is 28.7 cm³/mol. The van der Waals surface area contributed by atoms with E-state index in [4.69, 9.17) is 4.79 Å². The Labute approximate surface area is 82.5 Å². The first-order valence-electron chi connectivity index (χ1n) is 2.01. The zero-order chi connectivity index (χ0) is 5.54. The van der Waals surface area contributed by atoms with Gasteiger partial charge in [-0.3, -0.25) is 6.08 Å². The van der Waals surface area contributed by atoms with Gasteiger partial charge in [0.1, 0.15) is 6.79 Å². The average Bonchev–Trinajstić information content (AvgIpc) is 2.23. The Kier molecular flexibility index (Phi) is 28.3. The molecular weight excluding hydrogens is 274 g/mol. The second-order valence-corrected chi connectivity index (χ2v) is 1.00. The first-order valence-corrected chi connectivity index (χ1v) is 2.01. The zero-order valence-electron chi connectivity index (χ0n) is 4.75. The molecule has 0 aromatic heterocycles. The third kappa shape index (κ3) is 11.8. The summed E-state index contributed by atoms with van der Waals surface area (Å²) in [5.74, 6) is 0. The van der Waals surface area contributed by atoms with Gasteiger partial charge in [-0.1, -0.05) is 0 Å². The molecule has 0 fully saturated rings. The van der Waals surface area contributed by atoms with E-state index in [1.807, 2.05) is 18.9 Å². The largest absolute Gasteiger partial charge is 2.00 e. The summed E-state index contributed by atoms with van der Waals surface area (Å²) in [4.78, 5) is 8.00. The Hall–Kier alpha value is 0.374. The van der Waals surface area contributed by atoms with Crippen molar-refractivity contribution in [2.45, 2.75) is 6.42 Å². The van der Waals surface area contributed by atoms with Gasteiger partial charge in [0.2, 0.25) is 0 Å². The van der Waals surface area contributed by atoms with Crippen molar-refractivity contribution in [1.29, 1.82) is 0 Å². The second-order valence-electron chi connectivity index (χ2n) is 1.00. The van der Waals surface area contributed by atoms with Crippen molar-refractivity contribution in [3.63, 3.8) is 0 Å². The summed E-state index contributed by atoms with van der Waals surface area (Å²) in [5.41, 5.74) is 0. The molecule has 1 aliphatic carbocycles. The average molecular weight is 281 g/mol. The minimum absolute atomic E-state index is 0. The van der Waals surface area contributed by atoms with E-state index in [0.717, 1.165) is 6.42 Å². The molecule has 0 saturated carbocycles. The normalized spacial score (nSPS) is 10.2. The van der Waals surface area contributed by atoms with E-state index in [1.165, 1.54) is 0 Å². The molecule has 0 aromatic carbocycles. The maximum Gasteiger partial charge on any atom is 2.00 e. The maximum atomic E-state index is 8.00. The SMILES string of the molecule is C=O.[C-]1=CC=CC1.[I-].[Ni+2]. The van der Waals surface area contributed by atoms with Crippen LogP contribution in [0.4, 0.5) is 0 Å². The van der Waals surface area contributed by atoms with Crippen LogP contribution in [0.15, 0.2) is 18.2 Å². The van der Waals surface area contributed by atoms with E-state index < -0.39 is 0 Å². The number of carbonyl (C=O) groups excluding carboxylic acids is 1. The molecule has 54 valence electrons. The molecule has 0 heterocycles. The van der Waals surface area contributed by atoms with Crippen molar-refractivity contribution in [3.05, 3.63) is 24.3 Å². The smallest absolute Gasteiger partial charge is 1.00 e. The molecule has 0 radical (unpaired) electrons. The number of carbonyl (C=O) groups is 1. The summed E-state index contributed by atoms with van der Waals surface area (Å²) in [6, 6.07) is 0. The molecule has 0 spiro atoms. The van der Waals surface area contributed by atoms with Crippen molar-refractivity contribution >= 4 is 6.79 Å². The van der Waals surface area contributed by atoms with E-state index >= 15 is 0 Å². The van der Waals surface area contributed by atoms with Crippen LogP contribution in [0, 0.1) is 6.08 Å². The minimum atomic E-state index is 0. The van der Waals surface area contributed by atoms with Crippen LogP contribution in [0.1, 0.15) is 6.42 Å².